The Morgan fingerprint density at radius 2 is 1.65 bits per heavy atom. The van der Waals surface area contributed by atoms with Gasteiger partial charge in [0.2, 0.25) is 0 Å². The lowest BCUT2D eigenvalue weighted by atomic mass is 9.96. The van der Waals surface area contributed by atoms with E-state index in [0.717, 1.165) is 34.5 Å². The molecular formula is C22H24N2O2. The molecule has 0 heterocycles. The van der Waals surface area contributed by atoms with Crippen LogP contribution in [-0.2, 0) is 4.84 Å². The first kappa shape index (κ1) is 18.0. The number of fused-ring (bicyclic) bond motifs is 1. The Balaban J connectivity index is 2.02. The molecule has 0 amide bonds. The molecule has 0 fully saturated rings. The third-order valence-electron chi connectivity index (χ3n) is 4.19. The molecule has 3 aromatic rings. The van der Waals surface area contributed by atoms with Crippen LogP contribution in [0.25, 0.3) is 10.8 Å². The predicted octanol–water partition coefficient (Wildman–Crippen LogP) is 4.18. The molecule has 0 spiro atoms. The van der Waals surface area contributed by atoms with Crippen molar-refractivity contribution in [2.24, 2.45) is 5.16 Å². The molecule has 0 atom stereocenters. The second kappa shape index (κ2) is 8.50. The highest BCUT2D eigenvalue weighted by Gasteiger charge is 2.12. The van der Waals surface area contributed by atoms with Crippen LogP contribution >= 0.6 is 0 Å². The van der Waals surface area contributed by atoms with E-state index in [1.54, 1.807) is 7.11 Å². The molecular weight excluding hydrogens is 324 g/mol. The van der Waals surface area contributed by atoms with Gasteiger partial charge in [0, 0.05) is 17.7 Å². The zero-order valence-electron chi connectivity index (χ0n) is 15.5. The second-order valence-corrected chi connectivity index (χ2v) is 6.33. The zero-order valence-corrected chi connectivity index (χ0v) is 15.5. The van der Waals surface area contributed by atoms with Crippen molar-refractivity contribution in [1.29, 1.82) is 0 Å². The summed E-state index contributed by atoms with van der Waals surface area (Å²) >= 11 is 0. The van der Waals surface area contributed by atoms with Crippen molar-refractivity contribution in [3.8, 4) is 5.75 Å². The van der Waals surface area contributed by atoms with Crippen molar-refractivity contribution < 1.29 is 9.57 Å². The van der Waals surface area contributed by atoms with Crippen molar-refractivity contribution >= 4 is 16.5 Å². The summed E-state index contributed by atoms with van der Waals surface area (Å²) in [5, 5.41) is 6.82. The summed E-state index contributed by atoms with van der Waals surface area (Å²) in [6, 6.07) is 22.5. The van der Waals surface area contributed by atoms with Crippen LogP contribution < -0.4 is 4.74 Å². The van der Waals surface area contributed by atoms with Gasteiger partial charge in [-0.05, 0) is 49.1 Å². The Bertz CT molecular complexity index is 881. The first-order valence-electron chi connectivity index (χ1n) is 8.66. The fourth-order valence-corrected chi connectivity index (χ4v) is 2.77. The molecule has 0 aliphatic rings. The van der Waals surface area contributed by atoms with Gasteiger partial charge in [0.25, 0.3) is 0 Å². The molecule has 0 aliphatic heterocycles. The van der Waals surface area contributed by atoms with Gasteiger partial charge >= 0.3 is 0 Å². The lowest BCUT2D eigenvalue weighted by Crippen LogP contribution is -2.17. The predicted molar refractivity (Wildman–Crippen MR) is 107 cm³/mol. The molecule has 0 aromatic heterocycles. The van der Waals surface area contributed by atoms with E-state index in [-0.39, 0.29) is 0 Å². The molecule has 0 N–H and O–H groups in total. The van der Waals surface area contributed by atoms with E-state index in [0.29, 0.717) is 6.61 Å². The number of likely N-dealkylation sites (N-methyl/N-ethyl adjacent to an activating group) is 1. The van der Waals surface area contributed by atoms with Crippen LogP contribution in [0.15, 0.2) is 71.9 Å². The van der Waals surface area contributed by atoms with E-state index in [2.05, 4.69) is 40.4 Å². The Kier molecular flexibility index (Phi) is 5.87. The normalized spacial score (nSPS) is 11.8. The fraction of sp³-hybridized carbons (Fsp3) is 0.227. The largest absolute Gasteiger partial charge is 0.497 e. The van der Waals surface area contributed by atoms with E-state index in [4.69, 9.17) is 9.57 Å². The third kappa shape index (κ3) is 4.21. The van der Waals surface area contributed by atoms with E-state index in [1.807, 2.05) is 50.5 Å². The summed E-state index contributed by atoms with van der Waals surface area (Å²) in [6.45, 7) is 1.35. The molecule has 4 nitrogen and oxygen atoms in total. The van der Waals surface area contributed by atoms with Crippen LogP contribution in [0.5, 0.6) is 5.75 Å². The summed E-state index contributed by atoms with van der Waals surface area (Å²) in [5.74, 6) is 0.819. The van der Waals surface area contributed by atoms with Crippen molar-refractivity contribution in [2.75, 3.05) is 34.4 Å². The maximum absolute atomic E-state index is 5.64. The lowest BCUT2D eigenvalue weighted by molar-refractivity contribution is 0.126. The van der Waals surface area contributed by atoms with E-state index in [9.17, 15) is 0 Å². The van der Waals surface area contributed by atoms with Crippen molar-refractivity contribution in [2.45, 2.75) is 0 Å². The highest BCUT2D eigenvalue weighted by atomic mass is 16.6. The highest BCUT2D eigenvalue weighted by molar-refractivity contribution is 6.19. The quantitative estimate of drug-likeness (QED) is 0.365. The first-order valence-corrected chi connectivity index (χ1v) is 8.66. The van der Waals surface area contributed by atoms with Gasteiger partial charge in [-0.25, -0.2) is 0 Å². The summed E-state index contributed by atoms with van der Waals surface area (Å²) in [7, 11) is 5.70. The summed E-state index contributed by atoms with van der Waals surface area (Å²) < 4.78 is 5.27. The molecule has 0 saturated heterocycles. The van der Waals surface area contributed by atoms with E-state index < -0.39 is 0 Å². The summed E-state index contributed by atoms with van der Waals surface area (Å²) in [4.78, 5) is 7.71. The second-order valence-electron chi connectivity index (χ2n) is 6.33. The number of benzene rings is 3. The monoisotopic (exact) mass is 348 g/mol. The Morgan fingerprint density at radius 3 is 2.38 bits per heavy atom. The molecule has 134 valence electrons. The fourth-order valence-electron chi connectivity index (χ4n) is 2.77. The molecule has 3 rings (SSSR count). The maximum Gasteiger partial charge on any atom is 0.129 e. The topological polar surface area (TPSA) is 34.1 Å². The van der Waals surface area contributed by atoms with Gasteiger partial charge in [0.1, 0.15) is 18.1 Å². The van der Waals surface area contributed by atoms with Gasteiger partial charge in [-0.2, -0.15) is 0 Å². The number of oxime groups is 1. The number of methoxy groups -OCH3 is 1. The van der Waals surface area contributed by atoms with Gasteiger partial charge in [-0.15, -0.1) is 0 Å². The molecule has 0 saturated carbocycles. The Morgan fingerprint density at radius 1 is 0.923 bits per heavy atom. The van der Waals surface area contributed by atoms with Crippen molar-refractivity contribution in [3.63, 3.8) is 0 Å². The maximum atomic E-state index is 5.64. The average Bonchev–Trinajstić information content (AvgIpc) is 2.68. The first-order chi connectivity index (χ1) is 12.7. The minimum Gasteiger partial charge on any atom is -0.497 e. The number of hydrogen-bond acceptors (Lipinski definition) is 4. The smallest absolute Gasteiger partial charge is 0.129 e. The highest BCUT2D eigenvalue weighted by Crippen LogP contribution is 2.23. The number of hydrogen-bond donors (Lipinski definition) is 0. The van der Waals surface area contributed by atoms with Crippen LogP contribution in [0.1, 0.15) is 11.1 Å². The van der Waals surface area contributed by atoms with E-state index in [1.165, 1.54) is 5.39 Å². The number of ether oxygens (including phenoxy) is 1. The summed E-state index contributed by atoms with van der Waals surface area (Å²) in [6.07, 6.45) is 0. The molecule has 0 aliphatic carbocycles. The third-order valence-corrected chi connectivity index (χ3v) is 4.19. The Labute approximate surface area is 154 Å². The standard InChI is InChI=1S/C22H24N2O2/c1-24(2)15-16-26-23-22(18-11-13-19(25-3)14-12-18)21-10-6-8-17-7-4-5-9-20(17)21/h4-14H,15-16H2,1-3H3/b23-22+. The SMILES string of the molecule is COc1ccc(/C(=N\OCCN(C)C)c2cccc3ccccc23)cc1. The van der Waals surface area contributed by atoms with Gasteiger partial charge < -0.3 is 14.5 Å². The lowest BCUT2D eigenvalue weighted by Gasteiger charge is -2.12. The van der Waals surface area contributed by atoms with Crippen LogP contribution in [0.2, 0.25) is 0 Å². The van der Waals surface area contributed by atoms with E-state index >= 15 is 0 Å². The van der Waals surface area contributed by atoms with Gasteiger partial charge in [0.15, 0.2) is 0 Å². The van der Waals surface area contributed by atoms with Gasteiger partial charge in [-0.3, -0.25) is 0 Å². The molecule has 3 aromatic carbocycles. The van der Waals surface area contributed by atoms with Crippen LogP contribution in [0.4, 0.5) is 0 Å². The van der Waals surface area contributed by atoms with Crippen molar-refractivity contribution in [3.05, 3.63) is 77.9 Å². The van der Waals surface area contributed by atoms with Crippen LogP contribution in [0, 0.1) is 0 Å². The van der Waals surface area contributed by atoms with Crippen molar-refractivity contribution in [1.82, 2.24) is 4.90 Å². The molecule has 0 unspecified atom stereocenters. The number of nitrogens with zero attached hydrogens (tertiary/aromatic N) is 2. The molecule has 0 radical (unpaired) electrons. The molecule has 0 bridgehead atoms. The minimum absolute atomic E-state index is 0.539. The van der Waals surface area contributed by atoms with Gasteiger partial charge in [0.05, 0.1) is 7.11 Å². The zero-order chi connectivity index (χ0) is 18.4. The molecule has 26 heavy (non-hydrogen) atoms. The Hall–Kier alpha value is -2.85. The van der Waals surface area contributed by atoms with Gasteiger partial charge in [-0.1, -0.05) is 47.6 Å². The summed E-state index contributed by atoms with van der Waals surface area (Å²) in [5.41, 5.74) is 2.87. The van der Waals surface area contributed by atoms with Crippen LogP contribution in [-0.4, -0.2) is 45.0 Å². The average molecular weight is 348 g/mol. The van der Waals surface area contributed by atoms with Crippen LogP contribution in [0.3, 0.4) is 0 Å². The molecule has 4 heteroatoms. The number of rotatable bonds is 7. The minimum atomic E-state index is 0.539.